The van der Waals surface area contributed by atoms with Gasteiger partial charge in [-0.15, -0.1) is 0 Å². The fourth-order valence-corrected chi connectivity index (χ4v) is 2.24. The van der Waals surface area contributed by atoms with Crippen molar-refractivity contribution >= 4 is 0 Å². The summed E-state index contributed by atoms with van der Waals surface area (Å²) >= 11 is 0. The van der Waals surface area contributed by atoms with Crippen molar-refractivity contribution in [3.63, 3.8) is 0 Å². The molecular weight excluding hydrogens is 236 g/mol. The van der Waals surface area contributed by atoms with E-state index in [1.807, 2.05) is 31.2 Å². The minimum Gasteiger partial charge on any atom is -0.496 e. The molecule has 0 aliphatic carbocycles. The van der Waals surface area contributed by atoms with E-state index < -0.39 is 0 Å². The van der Waals surface area contributed by atoms with Crippen LogP contribution in [0.2, 0.25) is 0 Å². The molecule has 0 saturated heterocycles. The Morgan fingerprint density at radius 3 is 2.47 bits per heavy atom. The predicted octanol–water partition coefficient (Wildman–Crippen LogP) is 2.75. The van der Waals surface area contributed by atoms with E-state index in [0.717, 1.165) is 17.7 Å². The molecule has 3 heteroatoms. The van der Waals surface area contributed by atoms with Crippen LogP contribution in [0.15, 0.2) is 48.5 Å². The lowest BCUT2D eigenvalue weighted by Gasteiger charge is -2.18. The minimum absolute atomic E-state index is 0.104. The predicted molar refractivity (Wildman–Crippen MR) is 77.9 cm³/mol. The second-order valence-corrected chi connectivity index (χ2v) is 4.64. The third-order valence-corrected chi connectivity index (χ3v) is 3.31. The number of benzene rings is 2. The summed E-state index contributed by atoms with van der Waals surface area (Å²) in [6, 6.07) is 16.6. The van der Waals surface area contributed by atoms with E-state index >= 15 is 0 Å². The summed E-state index contributed by atoms with van der Waals surface area (Å²) in [4.78, 5) is 0. The Morgan fingerprint density at radius 2 is 1.89 bits per heavy atom. The summed E-state index contributed by atoms with van der Waals surface area (Å²) < 4.78 is 5.28. The van der Waals surface area contributed by atoms with Gasteiger partial charge in [0.15, 0.2) is 0 Å². The van der Waals surface area contributed by atoms with E-state index in [4.69, 9.17) is 10.6 Å². The molecule has 3 nitrogen and oxygen atoms in total. The van der Waals surface area contributed by atoms with Gasteiger partial charge >= 0.3 is 0 Å². The Morgan fingerprint density at radius 1 is 1.16 bits per heavy atom. The van der Waals surface area contributed by atoms with Gasteiger partial charge in [0, 0.05) is 6.04 Å². The van der Waals surface area contributed by atoms with Crippen LogP contribution in [0.5, 0.6) is 5.75 Å². The highest BCUT2D eigenvalue weighted by atomic mass is 16.5. The standard InChI is InChI=1S/C16H20N2O/c1-12-10-14(8-9-16(12)19-2)15(18-17)11-13-6-4-3-5-7-13/h3-10,15,18H,11,17H2,1-2H3. The SMILES string of the molecule is COc1ccc(C(Cc2ccccc2)NN)cc1C. The third kappa shape index (κ3) is 3.34. The van der Waals surface area contributed by atoms with Gasteiger partial charge in [0.25, 0.3) is 0 Å². The number of hydrogen-bond acceptors (Lipinski definition) is 3. The number of aryl methyl sites for hydroxylation is 1. The fourth-order valence-electron chi connectivity index (χ4n) is 2.24. The zero-order valence-corrected chi connectivity index (χ0v) is 11.4. The van der Waals surface area contributed by atoms with Crippen LogP contribution >= 0.6 is 0 Å². The first kappa shape index (κ1) is 13.6. The topological polar surface area (TPSA) is 47.3 Å². The highest BCUT2D eigenvalue weighted by Gasteiger charge is 2.11. The molecule has 2 aromatic carbocycles. The fraction of sp³-hybridized carbons (Fsp3) is 0.250. The smallest absolute Gasteiger partial charge is 0.121 e. The van der Waals surface area contributed by atoms with Gasteiger partial charge in [-0.05, 0) is 36.1 Å². The monoisotopic (exact) mass is 256 g/mol. The molecule has 3 N–H and O–H groups in total. The number of ether oxygens (including phenoxy) is 1. The van der Waals surface area contributed by atoms with Gasteiger partial charge in [-0.2, -0.15) is 0 Å². The van der Waals surface area contributed by atoms with Crippen LogP contribution in [-0.4, -0.2) is 7.11 Å². The molecule has 19 heavy (non-hydrogen) atoms. The molecule has 100 valence electrons. The Bertz CT molecular complexity index is 526. The van der Waals surface area contributed by atoms with E-state index in [-0.39, 0.29) is 6.04 Å². The van der Waals surface area contributed by atoms with Gasteiger partial charge in [0.05, 0.1) is 7.11 Å². The number of hydrazine groups is 1. The third-order valence-electron chi connectivity index (χ3n) is 3.31. The van der Waals surface area contributed by atoms with E-state index in [1.54, 1.807) is 7.11 Å². The van der Waals surface area contributed by atoms with E-state index in [9.17, 15) is 0 Å². The van der Waals surface area contributed by atoms with Crippen LogP contribution in [-0.2, 0) is 6.42 Å². The van der Waals surface area contributed by atoms with Crippen LogP contribution in [0.3, 0.4) is 0 Å². The van der Waals surface area contributed by atoms with Crippen molar-refractivity contribution in [1.82, 2.24) is 5.43 Å². The van der Waals surface area contributed by atoms with Gasteiger partial charge < -0.3 is 4.74 Å². The van der Waals surface area contributed by atoms with Crippen molar-refractivity contribution in [2.45, 2.75) is 19.4 Å². The molecule has 0 fully saturated rings. The summed E-state index contributed by atoms with van der Waals surface area (Å²) in [5.74, 6) is 6.59. The van der Waals surface area contributed by atoms with Crippen LogP contribution < -0.4 is 16.0 Å². The van der Waals surface area contributed by atoms with Crippen molar-refractivity contribution in [2.75, 3.05) is 7.11 Å². The zero-order valence-electron chi connectivity index (χ0n) is 11.4. The second-order valence-electron chi connectivity index (χ2n) is 4.64. The highest BCUT2D eigenvalue weighted by Crippen LogP contribution is 2.24. The molecule has 0 aromatic heterocycles. The van der Waals surface area contributed by atoms with Crippen LogP contribution in [0.4, 0.5) is 0 Å². The van der Waals surface area contributed by atoms with Crippen molar-refractivity contribution < 1.29 is 4.74 Å². The van der Waals surface area contributed by atoms with Crippen LogP contribution in [0.25, 0.3) is 0 Å². The highest BCUT2D eigenvalue weighted by molar-refractivity contribution is 5.38. The Hall–Kier alpha value is -1.84. The Kier molecular flexibility index (Phi) is 4.55. The maximum absolute atomic E-state index is 5.69. The molecule has 1 atom stereocenters. The van der Waals surface area contributed by atoms with Crippen LogP contribution in [0.1, 0.15) is 22.7 Å². The first-order chi connectivity index (χ1) is 9.24. The molecule has 0 amide bonds. The number of nitrogens with one attached hydrogen (secondary N) is 1. The number of nitrogens with two attached hydrogens (primary N) is 1. The van der Waals surface area contributed by atoms with Crippen LogP contribution in [0, 0.1) is 6.92 Å². The summed E-state index contributed by atoms with van der Waals surface area (Å²) in [5, 5.41) is 0. The second kappa shape index (κ2) is 6.36. The van der Waals surface area contributed by atoms with Gasteiger partial charge in [-0.25, -0.2) is 0 Å². The molecule has 2 rings (SSSR count). The van der Waals surface area contributed by atoms with Crippen molar-refractivity contribution in [1.29, 1.82) is 0 Å². The maximum atomic E-state index is 5.69. The first-order valence-electron chi connectivity index (χ1n) is 6.39. The van der Waals surface area contributed by atoms with Gasteiger partial charge in [0.1, 0.15) is 5.75 Å². The van der Waals surface area contributed by atoms with E-state index in [0.29, 0.717) is 0 Å². The number of rotatable bonds is 5. The lowest BCUT2D eigenvalue weighted by atomic mass is 9.98. The quantitative estimate of drug-likeness (QED) is 0.639. The van der Waals surface area contributed by atoms with Gasteiger partial charge in [-0.1, -0.05) is 42.5 Å². The summed E-state index contributed by atoms with van der Waals surface area (Å²) in [6.07, 6.45) is 0.864. The zero-order chi connectivity index (χ0) is 13.7. The molecular formula is C16H20N2O. The van der Waals surface area contributed by atoms with Crippen molar-refractivity contribution in [3.8, 4) is 5.75 Å². The molecule has 2 aromatic rings. The molecule has 1 unspecified atom stereocenters. The van der Waals surface area contributed by atoms with E-state index in [1.165, 1.54) is 11.1 Å². The Labute approximate surface area is 114 Å². The minimum atomic E-state index is 0.104. The number of hydrogen-bond donors (Lipinski definition) is 2. The summed E-state index contributed by atoms with van der Waals surface area (Å²) in [7, 11) is 1.69. The molecule has 0 aliphatic heterocycles. The van der Waals surface area contributed by atoms with Gasteiger partial charge in [0.2, 0.25) is 0 Å². The average Bonchev–Trinajstić information content (AvgIpc) is 2.46. The Balaban J connectivity index is 2.20. The molecule has 0 bridgehead atoms. The normalized spacial score (nSPS) is 12.2. The summed E-state index contributed by atoms with van der Waals surface area (Å²) in [6.45, 7) is 2.04. The first-order valence-corrected chi connectivity index (χ1v) is 6.39. The van der Waals surface area contributed by atoms with Crippen molar-refractivity contribution in [2.24, 2.45) is 5.84 Å². The molecule has 0 saturated carbocycles. The molecule has 0 spiro atoms. The largest absolute Gasteiger partial charge is 0.496 e. The van der Waals surface area contributed by atoms with E-state index in [2.05, 4.69) is 29.7 Å². The average molecular weight is 256 g/mol. The maximum Gasteiger partial charge on any atom is 0.121 e. The molecule has 0 radical (unpaired) electrons. The summed E-state index contributed by atoms with van der Waals surface area (Å²) in [5.41, 5.74) is 6.44. The molecule has 0 aliphatic rings. The van der Waals surface area contributed by atoms with Gasteiger partial charge in [-0.3, -0.25) is 11.3 Å². The van der Waals surface area contributed by atoms with Crippen molar-refractivity contribution in [3.05, 3.63) is 65.2 Å². The molecule has 0 heterocycles. The number of methoxy groups -OCH3 is 1. The lowest BCUT2D eigenvalue weighted by molar-refractivity contribution is 0.411. The lowest BCUT2D eigenvalue weighted by Crippen LogP contribution is -2.29.